The van der Waals surface area contributed by atoms with E-state index in [-0.39, 0.29) is 103 Å². The summed E-state index contributed by atoms with van der Waals surface area (Å²) in [6, 6.07) is 10.2. The van der Waals surface area contributed by atoms with Gasteiger partial charge in [-0.15, -0.1) is 0 Å². The van der Waals surface area contributed by atoms with Crippen LogP contribution in [-0.2, 0) is 0 Å². The SMILES string of the molecule is CCNc1ccccc1.O=C([O-])[O-].[K+].[K+]. The number of benzene rings is 1. The molecule has 0 spiro atoms. The molecule has 0 bridgehead atoms. The largest absolute Gasteiger partial charge is 1.00 e. The van der Waals surface area contributed by atoms with Crippen LogP contribution in [-0.4, -0.2) is 12.7 Å². The molecule has 4 nitrogen and oxygen atoms in total. The number of para-hydroxylation sites is 1. The molecule has 0 aliphatic rings. The molecule has 72 valence electrons. The average Bonchev–Trinajstić information content (AvgIpc) is 2.06. The predicted octanol–water partition coefficient (Wildman–Crippen LogP) is -6.32. The van der Waals surface area contributed by atoms with E-state index >= 15 is 0 Å². The Morgan fingerprint density at radius 2 is 1.60 bits per heavy atom. The number of carbonyl (C=O) groups excluding carboxylic acids is 1. The van der Waals surface area contributed by atoms with E-state index in [1.54, 1.807) is 0 Å². The van der Waals surface area contributed by atoms with Crippen molar-refractivity contribution in [2.45, 2.75) is 6.92 Å². The predicted molar refractivity (Wildman–Crippen MR) is 46.0 cm³/mol. The summed E-state index contributed by atoms with van der Waals surface area (Å²) in [5.41, 5.74) is 1.19. The summed E-state index contributed by atoms with van der Waals surface area (Å²) in [7, 11) is 0. The van der Waals surface area contributed by atoms with E-state index in [0.29, 0.717) is 0 Å². The smallest absolute Gasteiger partial charge is 0.652 e. The Balaban J connectivity index is -0.000000213. The van der Waals surface area contributed by atoms with Crippen LogP contribution < -0.4 is 118 Å². The van der Waals surface area contributed by atoms with Gasteiger partial charge in [-0.2, -0.15) is 0 Å². The van der Waals surface area contributed by atoms with Crippen LogP contribution >= 0.6 is 0 Å². The fourth-order valence-electron chi connectivity index (χ4n) is 0.760. The van der Waals surface area contributed by atoms with Crippen molar-refractivity contribution >= 4 is 11.8 Å². The van der Waals surface area contributed by atoms with E-state index in [2.05, 4.69) is 24.4 Å². The summed E-state index contributed by atoms with van der Waals surface area (Å²) in [6.45, 7) is 3.08. The molecule has 0 saturated heterocycles. The Morgan fingerprint density at radius 1 is 1.20 bits per heavy atom. The Kier molecular flexibility index (Phi) is 22.6. The van der Waals surface area contributed by atoms with Crippen LogP contribution in [0.25, 0.3) is 0 Å². The minimum absolute atomic E-state index is 0. The van der Waals surface area contributed by atoms with Gasteiger partial charge in [0.1, 0.15) is 0 Å². The molecule has 6 heteroatoms. The summed E-state index contributed by atoms with van der Waals surface area (Å²) in [6.07, 6.45) is -2.33. The zero-order valence-corrected chi connectivity index (χ0v) is 15.6. The number of anilines is 1. The molecule has 1 rings (SSSR count). The van der Waals surface area contributed by atoms with Crippen molar-refractivity contribution in [1.82, 2.24) is 0 Å². The maximum absolute atomic E-state index is 8.33. The molecule has 0 radical (unpaired) electrons. The monoisotopic (exact) mass is 259 g/mol. The van der Waals surface area contributed by atoms with Crippen molar-refractivity contribution in [3.05, 3.63) is 30.3 Å². The van der Waals surface area contributed by atoms with E-state index in [1.807, 2.05) is 18.2 Å². The van der Waals surface area contributed by atoms with E-state index in [0.717, 1.165) is 6.54 Å². The fraction of sp³-hybridized carbons (Fsp3) is 0.222. The number of rotatable bonds is 2. The Bertz CT molecular complexity index is 240. The molecular weight excluding hydrogens is 248 g/mol. The maximum Gasteiger partial charge on any atom is 1.00 e. The van der Waals surface area contributed by atoms with E-state index in [9.17, 15) is 0 Å². The molecule has 1 aromatic carbocycles. The second-order valence-corrected chi connectivity index (χ2v) is 2.15. The molecular formula is C9H11K2NO3. The Labute approximate surface area is 175 Å². The number of carbonyl (C=O) groups is 1. The van der Waals surface area contributed by atoms with Gasteiger partial charge in [0.15, 0.2) is 0 Å². The first kappa shape index (κ1) is 21.8. The molecule has 0 unspecified atom stereocenters. The third-order valence-electron chi connectivity index (χ3n) is 1.15. The van der Waals surface area contributed by atoms with Crippen LogP contribution in [0.4, 0.5) is 10.5 Å². The third kappa shape index (κ3) is 18.1. The number of hydrogen-bond acceptors (Lipinski definition) is 4. The fourth-order valence-corrected chi connectivity index (χ4v) is 0.760. The quantitative estimate of drug-likeness (QED) is 0.536. The van der Waals surface area contributed by atoms with Crippen molar-refractivity contribution in [2.75, 3.05) is 11.9 Å². The standard InChI is InChI=1S/C8H11N.CH2O3.2K/c1-2-9-8-6-4-3-5-7-8;2-1(3)4;;/h3-7,9H,2H2,1H3;(H2,2,3,4);;/q;;2*+1/p-2. The van der Waals surface area contributed by atoms with Crippen molar-refractivity contribution in [1.29, 1.82) is 0 Å². The molecule has 0 amide bonds. The van der Waals surface area contributed by atoms with Crippen LogP contribution in [0.3, 0.4) is 0 Å². The van der Waals surface area contributed by atoms with Gasteiger partial charge in [-0.05, 0) is 25.2 Å². The summed E-state index contributed by atoms with van der Waals surface area (Å²) in [5, 5.41) is 19.9. The van der Waals surface area contributed by atoms with E-state index < -0.39 is 6.16 Å². The van der Waals surface area contributed by atoms with E-state index in [1.165, 1.54) is 5.69 Å². The zero-order valence-electron chi connectivity index (χ0n) is 9.32. The Hall–Kier alpha value is 1.56. The van der Waals surface area contributed by atoms with Gasteiger partial charge in [-0.3, -0.25) is 0 Å². The molecule has 0 fully saturated rings. The molecule has 1 aromatic rings. The molecule has 15 heavy (non-hydrogen) atoms. The summed E-state index contributed by atoms with van der Waals surface area (Å²) >= 11 is 0. The molecule has 0 aromatic heterocycles. The van der Waals surface area contributed by atoms with Gasteiger partial charge in [-0.1, -0.05) is 18.2 Å². The van der Waals surface area contributed by atoms with Gasteiger partial charge in [0.25, 0.3) is 0 Å². The summed E-state index contributed by atoms with van der Waals surface area (Å²) in [5.74, 6) is 0. The maximum atomic E-state index is 8.33. The van der Waals surface area contributed by atoms with Crippen LogP contribution in [0.5, 0.6) is 0 Å². The normalized spacial score (nSPS) is 7.00. The molecule has 0 saturated carbocycles. The number of nitrogens with one attached hydrogen (secondary N) is 1. The van der Waals surface area contributed by atoms with Crippen LogP contribution in [0.2, 0.25) is 0 Å². The van der Waals surface area contributed by atoms with E-state index in [4.69, 9.17) is 15.0 Å². The van der Waals surface area contributed by atoms with Gasteiger partial charge in [0, 0.05) is 12.2 Å². The molecule has 0 atom stereocenters. The molecule has 0 aliphatic heterocycles. The van der Waals surface area contributed by atoms with Gasteiger partial charge in [0.05, 0.1) is 0 Å². The van der Waals surface area contributed by atoms with Gasteiger partial charge >= 0.3 is 103 Å². The minimum Gasteiger partial charge on any atom is -0.652 e. The summed E-state index contributed by atoms with van der Waals surface area (Å²) in [4.78, 5) is 8.33. The summed E-state index contributed by atoms with van der Waals surface area (Å²) < 4.78 is 0. The first-order valence-corrected chi connectivity index (χ1v) is 3.83. The van der Waals surface area contributed by atoms with Crippen molar-refractivity contribution < 1.29 is 118 Å². The van der Waals surface area contributed by atoms with Crippen molar-refractivity contribution in [2.24, 2.45) is 0 Å². The first-order chi connectivity index (χ1) is 6.16. The van der Waals surface area contributed by atoms with Crippen LogP contribution in [0.1, 0.15) is 6.92 Å². The zero-order chi connectivity index (χ0) is 10.1. The topological polar surface area (TPSA) is 75.2 Å². The van der Waals surface area contributed by atoms with Gasteiger partial charge < -0.3 is 20.3 Å². The van der Waals surface area contributed by atoms with Crippen LogP contribution in [0, 0.1) is 0 Å². The minimum atomic E-state index is -2.33. The molecule has 1 N–H and O–H groups in total. The second-order valence-electron chi connectivity index (χ2n) is 2.15. The van der Waals surface area contributed by atoms with Crippen LogP contribution in [0.15, 0.2) is 30.3 Å². The average molecular weight is 259 g/mol. The van der Waals surface area contributed by atoms with Gasteiger partial charge in [0.2, 0.25) is 0 Å². The van der Waals surface area contributed by atoms with Gasteiger partial charge in [-0.25, -0.2) is 0 Å². The number of carboxylic acid groups (broad SMARTS) is 2. The second kappa shape index (κ2) is 15.6. The Morgan fingerprint density at radius 3 is 1.93 bits per heavy atom. The third-order valence-corrected chi connectivity index (χ3v) is 1.15. The van der Waals surface area contributed by atoms with Crippen molar-refractivity contribution in [3.63, 3.8) is 0 Å². The first-order valence-electron chi connectivity index (χ1n) is 3.83. The van der Waals surface area contributed by atoms with Crippen molar-refractivity contribution in [3.8, 4) is 0 Å². The molecule has 0 aliphatic carbocycles. The number of hydrogen-bond donors (Lipinski definition) is 1. The molecule has 0 heterocycles.